The first-order chi connectivity index (χ1) is 9.27. The Morgan fingerprint density at radius 1 is 1.25 bits per heavy atom. The average molecular weight is 349 g/mol. The Morgan fingerprint density at radius 3 is 2.50 bits per heavy atom. The number of benzene rings is 1. The van der Waals surface area contributed by atoms with Crippen LogP contribution in [0.15, 0.2) is 39.4 Å². The van der Waals surface area contributed by atoms with Crippen molar-refractivity contribution in [1.29, 1.82) is 0 Å². The maximum atomic E-state index is 12.8. The molecule has 1 aromatic heterocycles. The Morgan fingerprint density at radius 2 is 1.95 bits per heavy atom. The highest BCUT2D eigenvalue weighted by molar-refractivity contribution is 9.10. The molecule has 0 spiro atoms. The average Bonchev–Trinajstić information content (AvgIpc) is 2.77. The van der Waals surface area contributed by atoms with Crippen LogP contribution < -0.4 is 11.1 Å². The van der Waals surface area contributed by atoms with Gasteiger partial charge in [0.15, 0.2) is 10.4 Å². The summed E-state index contributed by atoms with van der Waals surface area (Å²) in [6.45, 7) is 0. The monoisotopic (exact) mass is 348 g/mol. The van der Waals surface area contributed by atoms with Gasteiger partial charge < -0.3 is 15.5 Å². The van der Waals surface area contributed by atoms with E-state index < -0.39 is 17.6 Å². The van der Waals surface area contributed by atoms with Crippen LogP contribution in [0.1, 0.15) is 16.1 Å². The topological polar surface area (TPSA) is 68.3 Å². The SMILES string of the molecule is Nc1ccc(NC(=O)c2ccc(Br)o2)c(C(F)(F)F)c1. The van der Waals surface area contributed by atoms with Gasteiger partial charge in [0.1, 0.15) is 0 Å². The molecule has 2 aromatic rings. The van der Waals surface area contributed by atoms with Crippen molar-refractivity contribution in [3.8, 4) is 0 Å². The van der Waals surface area contributed by atoms with E-state index in [9.17, 15) is 18.0 Å². The third-order valence-corrected chi connectivity index (χ3v) is 2.82. The van der Waals surface area contributed by atoms with E-state index in [1.165, 1.54) is 18.2 Å². The van der Waals surface area contributed by atoms with E-state index in [1.54, 1.807) is 0 Å². The van der Waals surface area contributed by atoms with Gasteiger partial charge in [0.05, 0.1) is 11.3 Å². The zero-order chi connectivity index (χ0) is 14.9. The van der Waals surface area contributed by atoms with E-state index in [1.807, 2.05) is 0 Å². The first kappa shape index (κ1) is 14.4. The summed E-state index contributed by atoms with van der Waals surface area (Å²) in [4.78, 5) is 11.8. The minimum atomic E-state index is -4.62. The number of amides is 1. The second kappa shape index (κ2) is 5.20. The molecule has 0 saturated heterocycles. The molecule has 4 nitrogen and oxygen atoms in total. The van der Waals surface area contributed by atoms with E-state index in [0.717, 1.165) is 12.1 Å². The standard InChI is InChI=1S/C12H8BrF3N2O2/c13-10-4-3-9(20-10)11(19)18-8-2-1-6(17)5-7(8)12(14,15)16/h1-5H,17H2,(H,18,19). The third-order valence-electron chi connectivity index (χ3n) is 2.39. The summed E-state index contributed by atoms with van der Waals surface area (Å²) < 4.78 is 43.8. The largest absolute Gasteiger partial charge is 0.444 e. The van der Waals surface area contributed by atoms with Crippen molar-refractivity contribution >= 4 is 33.2 Å². The molecule has 106 valence electrons. The quantitative estimate of drug-likeness (QED) is 0.809. The van der Waals surface area contributed by atoms with Crippen molar-refractivity contribution in [2.24, 2.45) is 0 Å². The molecule has 0 aliphatic heterocycles. The van der Waals surface area contributed by atoms with Crippen LogP contribution in [0.25, 0.3) is 0 Å². The normalized spacial score (nSPS) is 11.4. The number of nitrogens with two attached hydrogens (primary N) is 1. The molecule has 1 aromatic carbocycles. The highest BCUT2D eigenvalue weighted by Gasteiger charge is 2.34. The molecule has 0 saturated carbocycles. The van der Waals surface area contributed by atoms with Crippen LogP contribution in [-0.4, -0.2) is 5.91 Å². The molecule has 0 aliphatic carbocycles. The molecule has 20 heavy (non-hydrogen) atoms. The second-order valence-corrected chi connectivity index (χ2v) is 4.64. The first-order valence-corrected chi connectivity index (χ1v) is 6.10. The minimum absolute atomic E-state index is 0.0453. The van der Waals surface area contributed by atoms with Crippen LogP contribution in [0.2, 0.25) is 0 Å². The van der Waals surface area contributed by atoms with Gasteiger partial charge in [-0.2, -0.15) is 13.2 Å². The van der Waals surface area contributed by atoms with Crippen molar-refractivity contribution in [2.45, 2.75) is 6.18 Å². The van der Waals surface area contributed by atoms with E-state index >= 15 is 0 Å². The van der Waals surface area contributed by atoms with Crippen LogP contribution in [0, 0.1) is 0 Å². The Bertz CT molecular complexity index is 652. The van der Waals surface area contributed by atoms with Gasteiger partial charge in [-0.25, -0.2) is 0 Å². The van der Waals surface area contributed by atoms with Gasteiger partial charge in [-0.05, 0) is 46.3 Å². The summed E-state index contributed by atoms with van der Waals surface area (Å²) in [5.74, 6) is -0.896. The van der Waals surface area contributed by atoms with Crippen molar-refractivity contribution in [2.75, 3.05) is 11.1 Å². The lowest BCUT2D eigenvalue weighted by Crippen LogP contribution is -2.16. The number of hydrogen-bond acceptors (Lipinski definition) is 3. The number of alkyl halides is 3. The predicted molar refractivity (Wildman–Crippen MR) is 70.2 cm³/mol. The smallest absolute Gasteiger partial charge is 0.418 e. The summed E-state index contributed by atoms with van der Waals surface area (Å²) in [5, 5.41) is 2.14. The van der Waals surface area contributed by atoms with Gasteiger partial charge in [-0.15, -0.1) is 0 Å². The fourth-order valence-corrected chi connectivity index (χ4v) is 1.83. The number of carbonyl (C=O) groups excluding carboxylic acids is 1. The Kier molecular flexibility index (Phi) is 3.76. The van der Waals surface area contributed by atoms with Crippen LogP contribution >= 0.6 is 15.9 Å². The van der Waals surface area contributed by atoms with Gasteiger partial charge in [0, 0.05) is 5.69 Å². The lowest BCUT2D eigenvalue weighted by Gasteiger charge is -2.13. The van der Waals surface area contributed by atoms with E-state index in [2.05, 4.69) is 21.2 Å². The molecule has 0 atom stereocenters. The zero-order valence-electron chi connectivity index (χ0n) is 9.79. The van der Waals surface area contributed by atoms with Gasteiger partial charge in [-0.3, -0.25) is 4.79 Å². The first-order valence-electron chi connectivity index (χ1n) is 5.31. The maximum Gasteiger partial charge on any atom is 0.418 e. The molecular formula is C12H8BrF3N2O2. The number of carbonyl (C=O) groups is 1. The lowest BCUT2D eigenvalue weighted by molar-refractivity contribution is -0.136. The minimum Gasteiger partial charge on any atom is -0.444 e. The molecule has 0 bridgehead atoms. The van der Waals surface area contributed by atoms with Crippen molar-refractivity contribution in [1.82, 2.24) is 0 Å². The Labute approximate surface area is 119 Å². The second-order valence-electron chi connectivity index (χ2n) is 3.86. The summed E-state index contributed by atoms with van der Waals surface area (Å²) in [6.07, 6.45) is -4.62. The molecule has 3 N–H and O–H groups in total. The maximum absolute atomic E-state index is 12.8. The number of nitrogens with one attached hydrogen (secondary N) is 1. The number of nitrogen functional groups attached to an aromatic ring is 1. The molecular weight excluding hydrogens is 341 g/mol. The third kappa shape index (κ3) is 3.13. The van der Waals surface area contributed by atoms with Gasteiger partial charge in [0.25, 0.3) is 5.91 Å². The molecule has 0 aliphatic rings. The van der Waals surface area contributed by atoms with Crippen LogP contribution in [0.4, 0.5) is 24.5 Å². The highest BCUT2D eigenvalue weighted by atomic mass is 79.9. The van der Waals surface area contributed by atoms with Crippen molar-refractivity contribution in [3.05, 3.63) is 46.3 Å². The number of anilines is 2. The summed E-state index contributed by atoms with van der Waals surface area (Å²) in [6, 6.07) is 5.91. The van der Waals surface area contributed by atoms with Crippen LogP contribution in [0.5, 0.6) is 0 Å². The van der Waals surface area contributed by atoms with E-state index in [0.29, 0.717) is 4.67 Å². The molecule has 0 radical (unpaired) electrons. The Balaban J connectivity index is 2.32. The summed E-state index contributed by atoms with van der Waals surface area (Å²) in [7, 11) is 0. The van der Waals surface area contributed by atoms with E-state index in [4.69, 9.17) is 10.2 Å². The fraction of sp³-hybridized carbons (Fsp3) is 0.0833. The molecule has 1 heterocycles. The molecule has 0 fully saturated rings. The number of halogens is 4. The molecule has 2 rings (SSSR count). The summed E-state index contributed by atoms with van der Waals surface area (Å²) in [5.41, 5.74) is 3.88. The van der Waals surface area contributed by atoms with Gasteiger partial charge >= 0.3 is 6.18 Å². The predicted octanol–water partition coefficient (Wildman–Crippen LogP) is 3.90. The fourth-order valence-electron chi connectivity index (χ4n) is 1.53. The molecule has 0 unspecified atom stereocenters. The number of hydrogen-bond donors (Lipinski definition) is 2. The van der Waals surface area contributed by atoms with Crippen LogP contribution in [-0.2, 0) is 6.18 Å². The van der Waals surface area contributed by atoms with Crippen LogP contribution in [0.3, 0.4) is 0 Å². The Hall–Kier alpha value is -1.96. The van der Waals surface area contributed by atoms with Crippen molar-refractivity contribution < 1.29 is 22.4 Å². The highest BCUT2D eigenvalue weighted by Crippen LogP contribution is 2.36. The molecule has 1 amide bonds. The van der Waals surface area contributed by atoms with E-state index in [-0.39, 0.29) is 17.1 Å². The van der Waals surface area contributed by atoms with Crippen molar-refractivity contribution in [3.63, 3.8) is 0 Å². The number of rotatable bonds is 2. The van der Waals surface area contributed by atoms with Gasteiger partial charge in [-0.1, -0.05) is 0 Å². The number of furan rings is 1. The van der Waals surface area contributed by atoms with Gasteiger partial charge in [0.2, 0.25) is 0 Å². The zero-order valence-corrected chi connectivity index (χ0v) is 11.4. The molecule has 8 heteroatoms. The lowest BCUT2D eigenvalue weighted by atomic mass is 10.1. The summed E-state index contributed by atoms with van der Waals surface area (Å²) >= 11 is 3.00.